The van der Waals surface area contributed by atoms with Crippen molar-refractivity contribution in [3.05, 3.63) is 16.1 Å². The predicted octanol–water partition coefficient (Wildman–Crippen LogP) is 2.61. The van der Waals surface area contributed by atoms with E-state index < -0.39 is 0 Å². The minimum absolute atomic E-state index is 0.238. The van der Waals surface area contributed by atoms with Crippen LogP contribution in [0.2, 0.25) is 0 Å². The summed E-state index contributed by atoms with van der Waals surface area (Å²) >= 11 is 1.60. The molecule has 0 fully saturated rings. The van der Waals surface area contributed by atoms with Crippen LogP contribution >= 0.6 is 11.3 Å². The Morgan fingerprint density at radius 2 is 2.15 bits per heavy atom. The van der Waals surface area contributed by atoms with Gasteiger partial charge >= 0.3 is 0 Å². The number of carbonyl (C=O) groups excluding carboxylic acids is 1. The number of aromatic nitrogens is 1. The minimum atomic E-state index is -0.238. The van der Waals surface area contributed by atoms with Crippen LogP contribution in [0.3, 0.4) is 0 Å². The van der Waals surface area contributed by atoms with Crippen molar-refractivity contribution in [1.82, 2.24) is 4.98 Å². The second-order valence-electron chi connectivity index (χ2n) is 4.20. The Kier molecular flexibility index (Phi) is 2.86. The lowest BCUT2D eigenvalue weighted by Crippen LogP contribution is -2.21. The van der Waals surface area contributed by atoms with Gasteiger partial charge in [0, 0.05) is 22.9 Å². The summed E-state index contributed by atoms with van der Waals surface area (Å²) in [5.41, 5.74) is -0.238. The molecule has 0 saturated carbocycles. The van der Waals surface area contributed by atoms with Crippen LogP contribution in [0.15, 0.2) is 6.20 Å². The van der Waals surface area contributed by atoms with Crippen molar-refractivity contribution in [2.75, 3.05) is 0 Å². The van der Waals surface area contributed by atoms with Gasteiger partial charge in [-0.15, -0.1) is 11.3 Å². The van der Waals surface area contributed by atoms with Gasteiger partial charge in [-0.3, -0.25) is 4.79 Å². The van der Waals surface area contributed by atoms with E-state index >= 15 is 0 Å². The largest absolute Gasteiger partial charge is 0.299 e. The van der Waals surface area contributed by atoms with Gasteiger partial charge in [0.25, 0.3) is 0 Å². The van der Waals surface area contributed by atoms with Crippen LogP contribution in [0.4, 0.5) is 0 Å². The van der Waals surface area contributed by atoms with E-state index in [1.807, 2.05) is 27.7 Å². The fourth-order valence-corrected chi connectivity index (χ4v) is 1.70. The summed E-state index contributed by atoms with van der Waals surface area (Å²) < 4.78 is 0. The summed E-state index contributed by atoms with van der Waals surface area (Å²) in [6.07, 6.45) is 2.32. The molecule has 1 rings (SSSR count). The first kappa shape index (κ1) is 10.4. The zero-order valence-corrected chi connectivity index (χ0v) is 9.36. The Morgan fingerprint density at radius 3 is 2.54 bits per heavy atom. The van der Waals surface area contributed by atoms with Crippen LogP contribution in [0, 0.1) is 12.3 Å². The molecule has 0 atom stereocenters. The molecule has 72 valence electrons. The number of rotatable bonds is 2. The molecule has 1 aromatic rings. The van der Waals surface area contributed by atoms with E-state index in [1.54, 1.807) is 17.5 Å². The maximum absolute atomic E-state index is 11.6. The van der Waals surface area contributed by atoms with E-state index in [4.69, 9.17) is 0 Å². The van der Waals surface area contributed by atoms with Crippen molar-refractivity contribution in [1.29, 1.82) is 0 Å². The molecule has 0 N–H and O–H groups in total. The predicted molar refractivity (Wildman–Crippen MR) is 55.0 cm³/mol. The van der Waals surface area contributed by atoms with Crippen LogP contribution in [0.5, 0.6) is 0 Å². The Balaban J connectivity index is 2.65. The topological polar surface area (TPSA) is 30.0 Å². The van der Waals surface area contributed by atoms with Gasteiger partial charge in [0.2, 0.25) is 0 Å². The SMILES string of the molecule is Cc1ncc(CC(=O)C(C)(C)C)s1. The lowest BCUT2D eigenvalue weighted by Gasteiger charge is -2.15. The van der Waals surface area contributed by atoms with Gasteiger partial charge in [-0.05, 0) is 6.92 Å². The number of nitrogens with zero attached hydrogens (tertiary/aromatic N) is 1. The minimum Gasteiger partial charge on any atom is -0.299 e. The van der Waals surface area contributed by atoms with Gasteiger partial charge in [0.05, 0.1) is 5.01 Å². The molecular formula is C10H15NOS. The van der Waals surface area contributed by atoms with Crippen molar-refractivity contribution in [2.45, 2.75) is 34.1 Å². The molecule has 13 heavy (non-hydrogen) atoms. The van der Waals surface area contributed by atoms with Gasteiger partial charge < -0.3 is 0 Å². The maximum Gasteiger partial charge on any atom is 0.143 e. The molecule has 0 aliphatic carbocycles. The molecule has 0 bridgehead atoms. The van der Waals surface area contributed by atoms with Gasteiger partial charge in [-0.25, -0.2) is 4.98 Å². The third-order valence-corrected chi connectivity index (χ3v) is 2.75. The molecule has 1 aromatic heterocycles. The highest BCUT2D eigenvalue weighted by atomic mass is 32.1. The first-order chi connectivity index (χ1) is 5.89. The standard InChI is InChI=1S/C10H15NOS/c1-7-11-6-8(13-7)5-9(12)10(2,3)4/h6H,5H2,1-4H3. The Labute approximate surface area is 83.0 Å². The molecule has 0 aliphatic rings. The van der Waals surface area contributed by atoms with Crippen LogP contribution in [-0.4, -0.2) is 10.8 Å². The van der Waals surface area contributed by atoms with Crippen LogP contribution in [0.1, 0.15) is 30.7 Å². The summed E-state index contributed by atoms with van der Waals surface area (Å²) in [7, 11) is 0. The Morgan fingerprint density at radius 1 is 1.54 bits per heavy atom. The first-order valence-corrected chi connectivity index (χ1v) is 5.16. The van der Waals surface area contributed by atoms with Gasteiger partial charge in [-0.1, -0.05) is 20.8 Å². The molecular weight excluding hydrogens is 182 g/mol. The molecule has 0 radical (unpaired) electrons. The zero-order valence-electron chi connectivity index (χ0n) is 8.55. The lowest BCUT2D eigenvalue weighted by molar-refractivity contribution is -0.125. The summed E-state index contributed by atoms with van der Waals surface area (Å²) in [6, 6.07) is 0. The summed E-state index contributed by atoms with van der Waals surface area (Å²) in [4.78, 5) is 16.8. The molecule has 0 saturated heterocycles. The highest BCUT2D eigenvalue weighted by Crippen LogP contribution is 2.20. The number of ketones is 1. The van der Waals surface area contributed by atoms with Gasteiger partial charge in [0.15, 0.2) is 0 Å². The number of hydrogen-bond donors (Lipinski definition) is 0. The van der Waals surface area contributed by atoms with Crippen molar-refractivity contribution in [2.24, 2.45) is 5.41 Å². The van der Waals surface area contributed by atoms with Crippen molar-refractivity contribution >= 4 is 17.1 Å². The number of carbonyl (C=O) groups is 1. The summed E-state index contributed by atoms with van der Waals surface area (Å²) in [6.45, 7) is 7.80. The number of aryl methyl sites for hydroxylation is 1. The van der Waals surface area contributed by atoms with Gasteiger partial charge in [0.1, 0.15) is 5.78 Å². The van der Waals surface area contributed by atoms with Crippen LogP contribution < -0.4 is 0 Å². The normalized spacial score (nSPS) is 11.7. The van der Waals surface area contributed by atoms with E-state index in [0.717, 1.165) is 9.88 Å². The molecule has 1 heterocycles. The molecule has 0 aliphatic heterocycles. The van der Waals surface area contributed by atoms with E-state index in [0.29, 0.717) is 6.42 Å². The maximum atomic E-state index is 11.6. The van der Waals surface area contributed by atoms with Crippen molar-refractivity contribution < 1.29 is 4.79 Å². The smallest absolute Gasteiger partial charge is 0.143 e. The molecule has 0 aromatic carbocycles. The molecule has 2 nitrogen and oxygen atoms in total. The monoisotopic (exact) mass is 197 g/mol. The van der Waals surface area contributed by atoms with Crippen molar-refractivity contribution in [3.8, 4) is 0 Å². The van der Waals surface area contributed by atoms with E-state index in [-0.39, 0.29) is 11.2 Å². The average Bonchev–Trinajstić information content (AvgIpc) is 2.33. The highest BCUT2D eigenvalue weighted by molar-refractivity contribution is 7.11. The summed E-state index contributed by atoms with van der Waals surface area (Å²) in [5.74, 6) is 0.274. The van der Waals surface area contributed by atoms with E-state index in [2.05, 4.69) is 4.98 Å². The van der Waals surface area contributed by atoms with Crippen molar-refractivity contribution in [3.63, 3.8) is 0 Å². The summed E-state index contributed by atoms with van der Waals surface area (Å²) in [5, 5.41) is 1.02. The zero-order chi connectivity index (χ0) is 10.1. The molecule has 0 amide bonds. The average molecular weight is 197 g/mol. The third kappa shape index (κ3) is 2.92. The second kappa shape index (κ2) is 3.58. The van der Waals surface area contributed by atoms with E-state index in [9.17, 15) is 4.79 Å². The van der Waals surface area contributed by atoms with Crippen LogP contribution in [-0.2, 0) is 11.2 Å². The quantitative estimate of drug-likeness (QED) is 0.729. The molecule has 3 heteroatoms. The molecule has 0 spiro atoms. The first-order valence-electron chi connectivity index (χ1n) is 4.34. The number of Topliss-reactive ketones (excluding diaryl/α,β-unsaturated/α-hetero) is 1. The Hall–Kier alpha value is -0.700. The highest BCUT2D eigenvalue weighted by Gasteiger charge is 2.21. The second-order valence-corrected chi connectivity index (χ2v) is 5.51. The third-order valence-electron chi connectivity index (χ3n) is 1.84. The Bertz CT molecular complexity index is 309. The fraction of sp³-hybridized carbons (Fsp3) is 0.600. The number of hydrogen-bond acceptors (Lipinski definition) is 3. The van der Waals surface area contributed by atoms with Crippen LogP contribution in [0.25, 0.3) is 0 Å². The number of thiazole rings is 1. The molecule has 0 unspecified atom stereocenters. The fourth-order valence-electron chi connectivity index (χ4n) is 0.910. The van der Waals surface area contributed by atoms with E-state index in [1.165, 1.54) is 0 Å². The lowest BCUT2D eigenvalue weighted by atomic mass is 9.89. The van der Waals surface area contributed by atoms with Gasteiger partial charge in [-0.2, -0.15) is 0 Å².